The molecule has 4 nitrogen and oxygen atoms in total. The van der Waals surface area contributed by atoms with Crippen molar-refractivity contribution in [3.63, 3.8) is 0 Å². The van der Waals surface area contributed by atoms with Crippen molar-refractivity contribution in [1.82, 2.24) is 10.6 Å². The summed E-state index contributed by atoms with van der Waals surface area (Å²) in [5, 5.41) is 6.25. The smallest absolute Gasteiger partial charge is 0.241 e. The fourth-order valence-corrected chi connectivity index (χ4v) is 2.60. The predicted molar refractivity (Wildman–Crippen MR) is 76.3 cm³/mol. The minimum Gasteiger partial charge on any atom is -0.469 e. The van der Waals surface area contributed by atoms with E-state index in [0.29, 0.717) is 13.0 Å². The van der Waals surface area contributed by atoms with E-state index in [1.807, 2.05) is 30.3 Å². The summed E-state index contributed by atoms with van der Waals surface area (Å²) < 4.78 is 5.25. The predicted octanol–water partition coefficient (Wildman–Crippen LogP) is 1.83. The van der Waals surface area contributed by atoms with Gasteiger partial charge in [0.1, 0.15) is 11.8 Å². The van der Waals surface area contributed by atoms with Gasteiger partial charge in [-0.1, -0.05) is 24.3 Å². The number of amides is 1. The summed E-state index contributed by atoms with van der Waals surface area (Å²) in [6.07, 6.45) is 3.34. The number of benzene rings is 1. The summed E-state index contributed by atoms with van der Waals surface area (Å²) >= 11 is 0. The van der Waals surface area contributed by atoms with E-state index in [2.05, 4.69) is 16.7 Å². The Morgan fingerprint density at radius 2 is 2.20 bits per heavy atom. The van der Waals surface area contributed by atoms with Gasteiger partial charge in [-0.3, -0.25) is 4.79 Å². The van der Waals surface area contributed by atoms with Crippen molar-refractivity contribution in [1.29, 1.82) is 0 Å². The molecular formula is C16H18N2O2. The third-order valence-electron chi connectivity index (χ3n) is 3.62. The van der Waals surface area contributed by atoms with E-state index in [0.717, 1.165) is 24.3 Å². The summed E-state index contributed by atoms with van der Waals surface area (Å²) in [4.78, 5) is 12.3. The van der Waals surface area contributed by atoms with Crippen LogP contribution in [0.5, 0.6) is 0 Å². The first-order valence-corrected chi connectivity index (χ1v) is 6.96. The second-order valence-corrected chi connectivity index (χ2v) is 4.96. The quantitative estimate of drug-likeness (QED) is 0.891. The number of nitrogens with one attached hydrogen (secondary N) is 2. The van der Waals surface area contributed by atoms with Gasteiger partial charge in [0.25, 0.3) is 0 Å². The minimum absolute atomic E-state index is 0.0312. The zero-order valence-corrected chi connectivity index (χ0v) is 11.3. The maximum Gasteiger partial charge on any atom is 0.241 e. The summed E-state index contributed by atoms with van der Waals surface area (Å²) in [5.41, 5.74) is 2.35. The highest BCUT2D eigenvalue weighted by Crippen LogP contribution is 2.22. The van der Waals surface area contributed by atoms with Crippen LogP contribution in [0.25, 0.3) is 0 Å². The summed E-state index contributed by atoms with van der Waals surface area (Å²) in [6, 6.07) is 11.7. The topological polar surface area (TPSA) is 54.3 Å². The van der Waals surface area contributed by atoms with Crippen molar-refractivity contribution in [3.8, 4) is 0 Å². The number of rotatable bonds is 4. The molecule has 20 heavy (non-hydrogen) atoms. The van der Waals surface area contributed by atoms with Crippen LogP contribution in [0.15, 0.2) is 47.1 Å². The van der Waals surface area contributed by atoms with Crippen LogP contribution < -0.4 is 10.6 Å². The number of carbonyl (C=O) groups is 1. The van der Waals surface area contributed by atoms with Crippen LogP contribution >= 0.6 is 0 Å². The Labute approximate surface area is 118 Å². The van der Waals surface area contributed by atoms with Crippen molar-refractivity contribution in [3.05, 3.63) is 59.5 Å². The van der Waals surface area contributed by atoms with E-state index in [1.165, 1.54) is 5.56 Å². The second kappa shape index (κ2) is 5.92. The molecule has 1 unspecified atom stereocenters. The molecule has 1 aromatic heterocycles. The number of fused-ring (bicyclic) bond motifs is 1. The monoisotopic (exact) mass is 270 g/mol. The summed E-state index contributed by atoms with van der Waals surface area (Å²) in [6.45, 7) is 1.43. The Balaban J connectivity index is 1.60. The molecule has 0 saturated carbocycles. The Bertz CT molecular complexity index is 578. The molecule has 0 radical (unpaired) electrons. The van der Waals surface area contributed by atoms with E-state index >= 15 is 0 Å². The van der Waals surface area contributed by atoms with Gasteiger partial charge in [-0.2, -0.15) is 0 Å². The molecule has 1 aromatic carbocycles. The van der Waals surface area contributed by atoms with Crippen LogP contribution in [0.2, 0.25) is 0 Å². The lowest BCUT2D eigenvalue weighted by atomic mass is 9.94. The molecule has 1 atom stereocenters. The number of furan rings is 1. The van der Waals surface area contributed by atoms with Gasteiger partial charge in [0.2, 0.25) is 5.91 Å². The second-order valence-electron chi connectivity index (χ2n) is 4.96. The van der Waals surface area contributed by atoms with Crippen LogP contribution in [0.3, 0.4) is 0 Å². The van der Waals surface area contributed by atoms with E-state index in [1.54, 1.807) is 6.26 Å². The summed E-state index contributed by atoms with van der Waals surface area (Å²) in [5.74, 6) is 0.922. The SMILES string of the molecule is O=C(NCCc1ccco1)C1NCCc2ccccc21. The Morgan fingerprint density at radius 3 is 3.05 bits per heavy atom. The number of carbonyl (C=O) groups excluding carboxylic acids is 1. The van der Waals surface area contributed by atoms with Crippen molar-refractivity contribution >= 4 is 5.91 Å². The normalized spacial score (nSPS) is 17.5. The zero-order chi connectivity index (χ0) is 13.8. The van der Waals surface area contributed by atoms with Gasteiger partial charge in [-0.05, 0) is 29.7 Å². The van der Waals surface area contributed by atoms with Gasteiger partial charge in [0, 0.05) is 19.5 Å². The van der Waals surface area contributed by atoms with Crippen molar-refractivity contribution in [2.75, 3.05) is 13.1 Å². The van der Waals surface area contributed by atoms with Gasteiger partial charge in [0.05, 0.1) is 6.26 Å². The molecule has 1 aliphatic rings. The molecule has 0 saturated heterocycles. The van der Waals surface area contributed by atoms with Crippen LogP contribution in [0, 0.1) is 0 Å². The van der Waals surface area contributed by atoms with E-state index in [-0.39, 0.29) is 11.9 Å². The molecule has 2 heterocycles. The standard InChI is InChI=1S/C16H18N2O2/c19-16(18-10-8-13-5-3-11-20-13)15-14-6-2-1-4-12(14)7-9-17-15/h1-6,11,15,17H,7-10H2,(H,18,19). The lowest BCUT2D eigenvalue weighted by Gasteiger charge is -2.26. The number of hydrogen-bond donors (Lipinski definition) is 2. The third kappa shape index (κ3) is 2.75. The van der Waals surface area contributed by atoms with Crippen LogP contribution in [0.4, 0.5) is 0 Å². The molecule has 1 amide bonds. The molecule has 2 aromatic rings. The minimum atomic E-state index is -0.239. The molecule has 104 valence electrons. The lowest BCUT2D eigenvalue weighted by molar-refractivity contribution is -0.123. The Morgan fingerprint density at radius 1 is 1.30 bits per heavy atom. The van der Waals surface area contributed by atoms with Crippen LogP contribution in [-0.2, 0) is 17.6 Å². The average Bonchev–Trinajstić information content (AvgIpc) is 3.00. The first kappa shape index (κ1) is 12.9. The maximum atomic E-state index is 12.3. The fourth-order valence-electron chi connectivity index (χ4n) is 2.60. The Kier molecular flexibility index (Phi) is 3.83. The molecule has 1 aliphatic heterocycles. The zero-order valence-electron chi connectivity index (χ0n) is 11.3. The van der Waals surface area contributed by atoms with Gasteiger partial charge >= 0.3 is 0 Å². The molecule has 0 fully saturated rings. The highest BCUT2D eigenvalue weighted by molar-refractivity contribution is 5.83. The van der Waals surface area contributed by atoms with Gasteiger partial charge in [0.15, 0.2) is 0 Å². The molecular weight excluding hydrogens is 252 g/mol. The van der Waals surface area contributed by atoms with E-state index in [4.69, 9.17) is 4.42 Å². The molecule has 4 heteroatoms. The molecule has 3 rings (SSSR count). The number of hydrogen-bond acceptors (Lipinski definition) is 3. The maximum absolute atomic E-state index is 12.3. The van der Waals surface area contributed by atoms with Crippen molar-refractivity contribution < 1.29 is 9.21 Å². The lowest BCUT2D eigenvalue weighted by Crippen LogP contribution is -2.41. The Hall–Kier alpha value is -2.07. The van der Waals surface area contributed by atoms with Gasteiger partial charge < -0.3 is 15.1 Å². The van der Waals surface area contributed by atoms with E-state index in [9.17, 15) is 4.79 Å². The largest absolute Gasteiger partial charge is 0.469 e. The fraction of sp³-hybridized carbons (Fsp3) is 0.312. The highest BCUT2D eigenvalue weighted by Gasteiger charge is 2.25. The van der Waals surface area contributed by atoms with E-state index < -0.39 is 0 Å². The molecule has 2 N–H and O–H groups in total. The van der Waals surface area contributed by atoms with Crippen molar-refractivity contribution in [2.24, 2.45) is 0 Å². The van der Waals surface area contributed by atoms with Gasteiger partial charge in [-0.15, -0.1) is 0 Å². The van der Waals surface area contributed by atoms with Crippen molar-refractivity contribution in [2.45, 2.75) is 18.9 Å². The first-order chi connectivity index (χ1) is 9.84. The highest BCUT2D eigenvalue weighted by atomic mass is 16.3. The first-order valence-electron chi connectivity index (χ1n) is 6.96. The van der Waals surface area contributed by atoms with Crippen LogP contribution in [-0.4, -0.2) is 19.0 Å². The molecule has 0 aliphatic carbocycles. The van der Waals surface area contributed by atoms with Crippen LogP contribution in [0.1, 0.15) is 22.9 Å². The average molecular weight is 270 g/mol. The molecule has 0 spiro atoms. The molecule has 0 bridgehead atoms. The third-order valence-corrected chi connectivity index (χ3v) is 3.62. The van der Waals surface area contributed by atoms with Gasteiger partial charge in [-0.25, -0.2) is 0 Å². The summed E-state index contributed by atoms with van der Waals surface area (Å²) in [7, 11) is 0.